The summed E-state index contributed by atoms with van der Waals surface area (Å²) in [6.07, 6.45) is 0.795. The largest absolute Gasteiger partial charge is 0.480 e. The number of hydrogen-bond acceptors (Lipinski definition) is 3. The van der Waals surface area contributed by atoms with E-state index in [0.717, 1.165) is 0 Å². The lowest BCUT2D eigenvalue weighted by atomic mass is 9.98. The summed E-state index contributed by atoms with van der Waals surface area (Å²) in [5.74, 6) is -1.76. The molecule has 2 atom stereocenters. The molecular formula is C9H14N2O4. The van der Waals surface area contributed by atoms with Gasteiger partial charge in [0, 0.05) is 13.0 Å². The number of carboxylic acids is 1. The molecule has 6 heteroatoms. The Labute approximate surface area is 87.0 Å². The first-order valence-electron chi connectivity index (χ1n) is 4.80. The van der Waals surface area contributed by atoms with Crippen LogP contribution in [0.5, 0.6) is 0 Å². The molecule has 3 N–H and O–H groups in total. The molecule has 1 aliphatic rings. The fourth-order valence-corrected chi connectivity index (χ4v) is 1.35. The van der Waals surface area contributed by atoms with E-state index in [-0.39, 0.29) is 24.3 Å². The van der Waals surface area contributed by atoms with E-state index in [2.05, 4.69) is 10.6 Å². The number of nitrogens with one attached hydrogen (secondary N) is 2. The van der Waals surface area contributed by atoms with Crippen LogP contribution in [0.3, 0.4) is 0 Å². The van der Waals surface area contributed by atoms with Gasteiger partial charge in [-0.15, -0.1) is 0 Å². The Kier molecular flexibility index (Phi) is 3.65. The van der Waals surface area contributed by atoms with Crippen LogP contribution in [0, 0.1) is 5.92 Å². The molecule has 0 saturated carbocycles. The van der Waals surface area contributed by atoms with Crippen molar-refractivity contribution in [3.8, 4) is 0 Å². The lowest BCUT2D eigenvalue weighted by molar-refractivity contribution is -0.142. The number of hydrogen-bond donors (Lipinski definition) is 3. The van der Waals surface area contributed by atoms with E-state index < -0.39 is 12.0 Å². The molecule has 1 fully saturated rings. The number of piperidine rings is 1. The maximum atomic E-state index is 11.5. The molecular weight excluding hydrogens is 200 g/mol. The molecule has 0 bridgehead atoms. The van der Waals surface area contributed by atoms with E-state index in [0.29, 0.717) is 12.8 Å². The number of rotatable bonds is 3. The van der Waals surface area contributed by atoms with Crippen molar-refractivity contribution in [3.05, 3.63) is 0 Å². The topological polar surface area (TPSA) is 95.5 Å². The Hall–Kier alpha value is -1.59. The number of carboxylic acid groups (broad SMARTS) is 1. The van der Waals surface area contributed by atoms with Crippen molar-refractivity contribution in [2.24, 2.45) is 5.92 Å². The average Bonchev–Trinajstić information content (AvgIpc) is 2.18. The van der Waals surface area contributed by atoms with Gasteiger partial charge in [0.25, 0.3) is 0 Å². The highest BCUT2D eigenvalue weighted by Gasteiger charge is 2.26. The summed E-state index contributed by atoms with van der Waals surface area (Å²) in [5, 5.41) is 13.5. The summed E-state index contributed by atoms with van der Waals surface area (Å²) in [6.45, 7) is 1.69. The smallest absolute Gasteiger partial charge is 0.325 e. The molecule has 1 unspecified atom stereocenters. The molecule has 1 heterocycles. The molecule has 0 radical (unpaired) electrons. The molecule has 1 saturated heterocycles. The molecule has 1 aliphatic heterocycles. The lowest BCUT2D eigenvalue weighted by Gasteiger charge is -2.22. The maximum Gasteiger partial charge on any atom is 0.325 e. The average molecular weight is 214 g/mol. The van der Waals surface area contributed by atoms with Crippen molar-refractivity contribution in [1.29, 1.82) is 0 Å². The van der Waals surface area contributed by atoms with Crippen molar-refractivity contribution in [3.63, 3.8) is 0 Å². The summed E-state index contributed by atoms with van der Waals surface area (Å²) >= 11 is 0. The van der Waals surface area contributed by atoms with E-state index in [1.165, 1.54) is 6.92 Å². The second kappa shape index (κ2) is 4.77. The first kappa shape index (κ1) is 11.5. The predicted molar refractivity (Wildman–Crippen MR) is 51.0 cm³/mol. The van der Waals surface area contributed by atoms with Crippen LogP contribution in [-0.2, 0) is 14.4 Å². The van der Waals surface area contributed by atoms with E-state index >= 15 is 0 Å². The van der Waals surface area contributed by atoms with Crippen LogP contribution in [0.1, 0.15) is 19.8 Å². The van der Waals surface area contributed by atoms with Crippen LogP contribution < -0.4 is 10.6 Å². The van der Waals surface area contributed by atoms with Crippen molar-refractivity contribution in [2.45, 2.75) is 25.8 Å². The van der Waals surface area contributed by atoms with E-state index in [4.69, 9.17) is 5.11 Å². The molecule has 0 aromatic heterocycles. The second-order valence-corrected chi connectivity index (χ2v) is 3.61. The fourth-order valence-electron chi connectivity index (χ4n) is 1.35. The van der Waals surface area contributed by atoms with Gasteiger partial charge in [-0.3, -0.25) is 14.4 Å². The molecule has 1 rings (SSSR count). The Bertz CT molecular complexity index is 280. The summed E-state index contributed by atoms with van der Waals surface area (Å²) in [6, 6.07) is -0.893. The van der Waals surface area contributed by atoms with Crippen molar-refractivity contribution in [1.82, 2.24) is 10.6 Å². The number of carbonyl (C=O) groups excluding carboxylic acids is 2. The van der Waals surface area contributed by atoms with Gasteiger partial charge in [0.15, 0.2) is 0 Å². The normalized spacial score (nSPS) is 22.7. The van der Waals surface area contributed by atoms with Crippen molar-refractivity contribution >= 4 is 17.8 Å². The van der Waals surface area contributed by atoms with Crippen LogP contribution in [-0.4, -0.2) is 35.5 Å². The molecule has 0 aromatic carbocycles. The molecule has 6 nitrogen and oxygen atoms in total. The standard InChI is InChI=1S/C9H14N2O4/c1-5(9(14)15)11-8(13)6-2-3-7(12)10-4-6/h5-6H,2-4H2,1H3,(H,10,12)(H,11,13)(H,14,15)/t5-,6?/m1/s1. The van der Waals surface area contributed by atoms with Crippen LogP contribution in [0.25, 0.3) is 0 Å². The van der Waals surface area contributed by atoms with E-state index in [1.807, 2.05) is 0 Å². The third-order valence-corrected chi connectivity index (χ3v) is 2.37. The first-order valence-corrected chi connectivity index (χ1v) is 4.80. The van der Waals surface area contributed by atoms with Gasteiger partial charge in [0.2, 0.25) is 11.8 Å². The van der Waals surface area contributed by atoms with E-state index in [9.17, 15) is 14.4 Å². The van der Waals surface area contributed by atoms with Crippen LogP contribution in [0.2, 0.25) is 0 Å². The van der Waals surface area contributed by atoms with Crippen molar-refractivity contribution < 1.29 is 19.5 Å². The monoisotopic (exact) mass is 214 g/mol. The van der Waals surface area contributed by atoms with Gasteiger partial charge < -0.3 is 15.7 Å². The number of aliphatic carboxylic acids is 1. The van der Waals surface area contributed by atoms with Gasteiger partial charge in [-0.25, -0.2) is 0 Å². The van der Waals surface area contributed by atoms with Crippen molar-refractivity contribution in [2.75, 3.05) is 6.54 Å². The quantitative estimate of drug-likeness (QED) is 0.567. The van der Waals surface area contributed by atoms with Gasteiger partial charge in [-0.05, 0) is 13.3 Å². The van der Waals surface area contributed by atoms with Gasteiger partial charge in [0.05, 0.1) is 5.92 Å². The molecule has 84 valence electrons. The Morgan fingerprint density at radius 2 is 2.27 bits per heavy atom. The van der Waals surface area contributed by atoms with Crippen LogP contribution in [0.4, 0.5) is 0 Å². The second-order valence-electron chi connectivity index (χ2n) is 3.61. The number of carbonyl (C=O) groups is 3. The highest BCUT2D eigenvalue weighted by Crippen LogP contribution is 2.10. The molecule has 15 heavy (non-hydrogen) atoms. The van der Waals surface area contributed by atoms with Gasteiger partial charge in [-0.1, -0.05) is 0 Å². The predicted octanol–water partition coefficient (Wildman–Crippen LogP) is -0.898. The maximum absolute atomic E-state index is 11.5. The zero-order valence-electron chi connectivity index (χ0n) is 8.45. The van der Waals surface area contributed by atoms with Gasteiger partial charge >= 0.3 is 5.97 Å². The SMILES string of the molecule is C[C@@H](NC(=O)C1CCC(=O)NC1)C(=O)O. The highest BCUT2D eigenvalue weighted by molar-refractivity contribution is 5.87. The fraction of sp³-hybridized carbons (Fsp3) is 0.667. The molecule has 0 aliphatic carbocycles. The zero-order valence-corrected chi connectivity index (χ0v) is 8.45. The summed E-state index contributed by atoms with van der Waals surface area (Å²) in [7, 11) is 0. The Balaban J connectivity index is 2.40. The third-order valence-electron chi connectivity index (χ3n) is 2.37. The Morgan fingerprint density at radius 3 is 2.73 bits per heavy atom. The minimum Gasteiger partial charge on any atom is -0.480 e. The minimum absolute atomic E-state index is 0.0645. The van der Waals surface area contributed by atoms with E-state index in [1.54, 1.807) is 0 Å². The highest BCUT2D eigenvalue weighted by atomic mass is 16.4. The lowest BCUT2D eigenvalue weighted by Crippen LogP contribution is -2.47. The first-order chi connectivity index (χ1) is 7.00. The molecule has 0 aromatic rings. The number of amides is 2. The zero-order chi connectivity index (χ0) is 11.4. The summed E-state index contributed by atoms with van der Waals surface area (Å²) in [4.78, 5) is 32.8. The van der Waals surface area contributed by atoms with Crippen LogP contribution in [0.15, 0.2) is 0 Å². The summed E-state index contributed by atoms with van der Waals surface area (Å²) in [5.41, 5.74) is 0. The molecule has 2 amide bonds. The van der Waals surface area contributed by atoms with Gasteiger partial charge in [-0.2, -0.15) is 0 Å². The third kappa shape index (κ3) is 3.23. The summed E-state index contributed by atoms with van der Waals surface area (Å²) < 4.78 is 0. The van der Waals surface area contributed by atoms with Crippen LogP contribution >= 0.6 is 0 Å². The van der Waals surface area contributed by atoms with Gasteiger partial charge in [0.1, 0.15) is 6.04 Å². The Morgan fingerprint density at radius 1 is 1.60 bits per heavy atom. The molecule has 0 spiro atoms. The minimum atomic E-state index is -1.07.